The highest BCUT2D eigenvalue weighted by Gasteiger charge is 2.43. The van der Waals surface area contributed by atoms with Crippen molar-refractivity contribution in [1.82, 2.24) is 9.80 Å². The molecule has 1 saturated heterocycles. The molecule has 2 fully saturated rings. The number of hydrogen-bond donors (Lipinski definition) is 0. The van der Waals surface area contributed by atoms with E-state index in [4.69, 9.17) is 0 Å². The second kappa shape index (κ2) is 3.35. The maximum atomic E-state index is 2.69. The number of likely N-dealkylation sites (N-methyl/N-ethyl adjacent to an activating group) is 1. The first-order valence-electron chi connectivity index (χ1n) is 5.16. The predicted octanol–water partition coefficient (Wildman–Crippen LogP) is 1.03. The van der Waals surface area contributed by atoms with Crippen molar-refractivity contribution >= 4 is 0 Å². The van der Waals surface area contributed by atoms with Gasteiger partial charge in [0.15, 0.2) is 0 Å². The van der Waals surface area contributed by atoms with Crippen LogP contribution in [0.15, 0.2) is 0 Å². The van der Waals surface area contributed by atoms with Gasteiger partial charge >= 0.3 is 0 Å². The van der Waals surface area contributed by atoms with Crippen LogP contribution in [-0.4, -0.2) is 49.6 Å². The summed E-state index contributed by atoms with van der Waals surface area (Å²) in [5, 5.41) is 0. The Morgan fingerprint density at radius 1 is 1.42 bits per heavy atom. The summed E-state index contributed by atoms with van der Waals surface area (Å²) in [6.07, 6.45) is 4.44. The molecule has 2 nitrogen and oxygen atoms in total. The SMILES string of the molecule is CN(C)CCN1CCC[C@@H]2C[C@@H]21. The molecule has 0 aromatic heterocycles. The first kappa shape index (κ1) is 8.52. The maximum Gasteiger partial charge on any atom is 0.0128 e. The maximum absolute atomic E-state index is 2.69. The van der Waals surface area contributed by atoms with Crippen molar-refractivity contribution in [1.29, 1.82) is 0 Å². The second-order valence-electron chi connectivity index (χ2n) is 4.54. The highest BCUT2D eigenvalue weighted by Crippen LogP contribution is 2.42. The number of rotatable bonds is 3. The molecule has 1 heterocycles. The predicted molar refractivity (Wildman–Crippen MR) is 51.3 cm³/mol. The molecule has 0 aromatic rings. The van der Waals surface area contributed by atoms with Crippen molar-refractivity contribution < 1.29 is 0 Å². The Morgan fingerprint density at radius 3 is 3.00 bits per heavy atom. The van der Waals surface area contributed by atoms with Gasteiger partial charge in [0.05, 0.1) is 0 Å². The van der Waals surface area contributed by atoms with Crippen LogP contribution in [0.25, 0.3) is 0 Å². The summed E-state index contributed by atoms with van der Waals surface area (Å²) in [6, 6.07) is 0.985. The number of likely N-dealkylation sites (tertiary alicyclic amines) is 1. The molecule has 1 aliphatic heterocycles. The normalized spacial score (nSPS) is 35.2. The lowest BCUT2D eigenvalue weighted by Gasteiger charge is -2.27. The lowest BCUT2D eigenvalue weighted by atomic mass is 10.1. The van der Waals surface area contributed by atoms with E-state index in [1.54, 1.807) is 0 Å². The molecule has 2 heteroatoms. The third-order valence-corrected chi connectivity index (χ3v) is 3.21. The lowest BCUT2D eigenvalue weighted by Crippen LogP contribution is -2.37. The molecular weight excluding hydrogens is 148 g/mol. The number of nitrogens with zero attached hydrogens (tertiary/aromatic N) is 2. The van der Waals surface area contributed by atoms with Gasteiger partial charge in [-0.15, -0.1) is 0 Å². The van der Waals surface area contributed by atoms with Crippen molar-refractivity contribution in [3.8, 4) is 0 Å². The van der Waals surface area contributed by atoms with Gasteiger partial charge in [0, 0.05) is 19.1 Å². The zero-order chi connectivity index (χ0) is 8.55. The van der Waals surface area contributed by atoms with Crippen molar-refractivity contribution in [3.63, 3.8) is 0 Å². The standard InChI is InChI=1S/C10H20N2/c1-11(2)6-7-12-5-3-4-9-8-10(9)12/h9-10H,3-8H2,1-2H3/t9-,10+/m1/s1. The molecule has 0 unspecified atom stereocenters. The van der Waals surface area contributed by atoms with Gasteiger partial charge in [-0.3, -0.25) is 4.90 Å². The smallest absolute Gasteiger partial charge is 0.0128 e. The van der Waals surface area contributed by atoms with E-state index in [0.717, 1.165) is 12.0 Å². The largest absolute Gasteiger partial charge is 0.308 e. The average Bonchev–Trinajstić information content (AvgIpc) is 2.78. The fraction of sp³-hybridized carbons (Fsp3) is 1.00. The van der Waals surface area contributed by atoms with Gasteiger partial charge < -0.3 is 4.90 Å². The Labute approximate surface area is 75.5 Å². The fourth-order valence-corrected chi connectivity index (χ4v) is 2.32. The molecule has 2 atom stereocenters. The van der Waals surface area contributed by atoms with E-state index < -0.39 is 0 Å². The summed E-state index contributed by atoms with van der Waals surface area (Å²) in [4.78, 5) is 4.97. The topological polar surface area (TPSA) is 6.48 Å². The van der Waals surface area contributed by atoms with Crippen molar-refractivity contribution in [2.45, 2.75) is 25.3 Å². The van der Waals surface area contributed by atoms with Crippen LogP contribution in [0, 0.1) is 5.92 Å². The molecule has 0 spiro atoms. The van der Waals surface area contributed by atoms with Crippen molar-refractivity contribution in [2.24, 2.45) is 5.92 Å². The quantitative estimate of drug-likeness (QED) is 0.621. The molecule has 0 radical (unpaired) electrons. The van der Waals surface area contributed by atoms with E-state index in [0.29, 0.717) is 0 Å². The van der Waals surface area contributed by atoms with Crippen LogP contribution < -0.4 is 0 Å². The summed E-state index contributed by atoms with van der Waals surface area (Å²) in [7, 11) is 4.32. The lowest BCUT2D eigenvalue weighted by molar-refractivity contribution is 0.195. The Bertz CT molecular complexity index is 156. The van der Waals surface area contributed by atoms with E-state index in [2.05, 4.69) is 23.9 Å². The van der Waals surface area contributed by atoms with Gasteiger partial charge in [-0.25, -0.2) is 0 Å². The number of fused-ring (bicyclic) bond motifs is 1. The molecule has 2 aliphatic rings. The Kier molecular flexibility index (Phi) is 2.37. The summed E-state index contributed by atoms with van der Waals surface area (Å²) < 4.78 is 0. The third kappa shape index (κ3) is 1.80. The molecule has 12 heavy (non-hydrogen) atoms. The number of piperidine rings is 1. The van der Waals surface area contributed by atoms with E-state index in [1.165, 1.54) is 38.9 Å². The van der Waals surface area contributed by atoms with E-state index >= 15 is 0 Å². The first-order chi connectivity index (χ1) is 5.77. The molecule has 1 aliphatic carbocycles. The zero-order valence-corrected chi connectivity index (χ0v) is 8.29. The summed E-state index contributed by atoms with van der Waals surface area (Å²) in [5.41, 5.74) is 0. The summed E-state index contributed by atoms with van der Waals surface area (Å²) in [5.74, 6) is 1.08. The minimum atomic E-state index is 0.985. The van der Waals surface area contributed by atoms with Crippen LogP contribution in [0.2, 0.25) is 0 Å². The molecular formula is C10H20N2. The third-order valence-electron chi connectivity index (χ3n) is 3.21. The molecule has 70 valence electrons. The molecule has 0 aromatic carbocycles. The molecule has 2 rings (SSSR count). The Balaban J connectivity index is 1.73. The summed E-state index contributed by atoms with van der Waals surface area (Å²) >= 11 is 0. The minimum absolute atomic E-state index is 0.985. The van der Waals surface area contributed by atoms with Crippen LogP contribution in [0.4, 0.5) is 0 Å². The highest BCUT2D eigenvalue weighted by atomic mass is 15.2. The molecule has 1 saturated carbocycles. The van der Waals surface area contributed by atoms with Crippen LogP contribution in [0.3, 0.4) is 0 Å². The van der Waals surface area contributed by atoms with Crippen LogP contribution in [0.5, 0.6) is 0 Å². The van der Waals surface area contributed by atoms with Crippen LogP contribution in [-0.2, 0) is 0 Å². The van der Waals surface area contributed by atoms with Gasteiger partial charge in [-0.1, -0.05) is 0 Å². The molecule has 0 amide bonds. The molecule has 0 N–H and O–H groups in total. The van der Waals surface area contributed by atoms with Gasteiger partial charge in [-0.05, 0) is 45.8 Å². The van der Waals surface area contributed by atoms with Gasteiger partial charge in [0.1, 0.15) is 0 Å². The average molecular weight is 168 g/mol. The van der Waals surface area contributed by atoms with Crippen molar-refractivity contribution in [2.75, 3.05) is 33.7 Å². The Hall–Kier alpha value is -0.0800. The van der Waals surface area contributed by atoms with E-state index in [9.17, 15) is 0 Å². The second-order valence-corrected chi connectivity index (χ2v) is 4.54. The van der Waals surface area contributed by atoms with E-state index in [-0.39, 0.29) is 0 Å². The zero-order valence-electron chi connectivity index (χ0n) is 8.29. The van der Waals surface area contributed by atoms with E-state index in [1.807, 2.05) is 0 Å². The fourth-order valence-electron chi connectivity index (χ4n) is 2.32. The monoisotopic (exact) mass is 168 g/mol. The van der Waals surface area contributed by atoms with Crippen LogP contribution >= 0.6 is 0 Å². The summed E-state index contributed by atoms with van der Waals surface area (Å²) in [6.45, 7) is 3.87. The van der Waals surface area contributed by atoms with Crippen LogP contribution in [0.1, 0.15) is 19.3 Å². The van der Waals surface area contributed by atoms with Gasteiger partial charge in [0.2, 0.25) is 0 Å². The van der Waals surface area contributed by atoms with Crippen molar-refractivity contribution in [3.05, 3.63) is 0 Å². The Morgan fingerprint density at radius 2 is 2.25 bits per heavy atom. The van der Waals surface area contributed by atoms with Gasteiger partial charge in [0.25, 0.3) is 0 Å². The van der Waals surface area contributed by atoms with Gasteiger partial charge in [-0.2, -0.15) is 0 Å². The number of hydrogen-bond acceptors (Lipinski definition) is 2. The minimum Gasteiger partial charge on any atom is -0.308 e. The highest BCUT2D eigenvalue weighted by molar-refractivity contribution is 4.98. The first-order valence-corrected chi connectivity index (χ1v) is 5.16. The molecule has 0 bridgehead atoms.